The van der Waals surface area contributed by atoms with Crippen molar-refractivity contribution in [2.75, 3.05) is 11.1 Å². The molecule has 4 N–H and O–H groups in total. The fourth-order valence-corrected chi connectivity index (χ4v) is 4.54. The second-order valence-electron chi connectivity index (χ2n) is 5.68. The van der Waals surface area contributed by atoms with Crippen LogP contribution >= 0.6 is 43.2 Å². The van der Waals surface area contributed by atoms with Gasteiger partial charge >= 0.3 is 0 Å². The van der Waals surface area contributed by atoms with E-state index in [2.05, 4.69) is 42.2 Å². The van der Waals surface area contributed by atoms with Crippen LogP contribution < -0.4 is 23.5 Å². The van der Waals surface area contributed by atoms with Crippen molar-refractivity contribution in [2.45, 2.75) is 0 Å². The molecule has 2 aromatic carbocycles. The average molecular weight is 529 g/mol. The lowest BCUT2D eigenvalue weighted by Crippen LogP contribution is -3.00. The smallest absolute Gasteiger partial charge is 0.256 e. The standard InChI is InChI=1S/C18H11Br2N3O2S.ClH/c19-12-4-8(5-13(20)16(12)24)3-11-10-6-9(15-7-26-18(21)23-15)1-2-14(10)22-17(11)25;/h1-7,24H,(H2,21,23)(H,22,25);1H/p-1/b11-3+;. The molecule has 0 radical (unpaired) electrons. The van der Waals surface area contributed by atoms with Gasteiger partial charge in [-0.3, -0.25) is 4.79 Å². The van der Waals surface area contributed by atoms with Gasteiger partial charge in [-0.2, -0.15) is 0 Å². The molecule has 1 aliphatic heterocycles. The molecule has 0 saturated heterocycles. The number of phenolic OH excluding ortho intramolecular Hbond substituents is 1. The number of nitrogens with zero attached hydrogens (tertiary/aromatic N) is 1. The van der Waals surface area contributed by atoms with Crippen molar-refractivity contribution in [1.82, 2.24) is 4.98 Å². The van der Waals surface area contributed by atoms with Crippen molar-refractivity contribution in [3.8, 4) is 17.0 Å². The number of amides is 1. The van der Waals surface area contributed by atoms with E-state index in [9.17, 15) is 9.90 Å². The fraction of sp³-hybridized carbons (Fsp3) is 0. The molecule has 1 amide bonds. The number of phenols is 1. The zero-order valence-corrected chi connectivity index (χ0v) is 18.2. The first-order valence-corrected chi connectivity index (χ1v) is 9.96. The largest absolute Gasteiger partial charge is 1.00 e. The van der Waals surface area contributed by atoms with Crippen LogP contribution in [-0.2, 0) is 4.79 Å². The molecule has 0 spiro atoms. The lowest BCUT2D eigenvalue weighted by atomic mass is 10.0. The van der Waals surface area contributed by atoms with Crippen LogP contribution in [0.1, 0.15) is 11.1 Å². The van der Waals surface area contributed by atoms with Crippen molar-refractivity contribution in [3.05, 3.63) is 55.8 Å². The minimum Gasteiger partial charge on any atom is -1.00 e. The highest BCUT2D eigenvalue weighted by atomic mass is 79.9. The number of benzene rings is 2. The molecule has 27 heavy (non-hydrogen) atoms. The van der Waals surface area contributed by atoms with Crippen LogP contribution in [0.25, 0.3) is 22.9 Å². The summed E-state index contributed by atoms with van der Waals surface area (Å²) in [6.45, 7) is 0. The Morgan fingerprint density at radius 3 is 2.52 bits per heavy atom. The van der Waals surface area contributed by atoms with Gasteiger partial charge in [0.2, 0.25) is 0 Å². The SMILES string of the molecule is Nc1nc(-c2ccc3c(c2)/C(=C\c2cc(Br)c(O)c(Br)c2)C(=O)N3)cs1.[Cl-]. The van der Waals surface area contributed by atoms with Crippen molar-refractivity contribution in [3.63, 3.8) is 0 Å². The number of nitrogens with two attached hydrogens (primary N) is 1. The maximum atomic E-state index is 12.4. The van der Waals surface area contributed by atoms with Gasteiger partial charge < -0.3 is 28.6 Å². The molecule has 9 heteroatoms. The van der Waals surface area contributed by atoms with E-state index in [1.807, 2.05) is 23.6 Å². The van der Waals surface area contributed by atoms with E-state index in [1.165, 1.54) is 11.3 Å². The monoisotopic (exact) mass is 526 g/mol. The molecule has 1 aromatic heterocycles. The highest BCUT2D eigenvalue weighted by Crippen LogP contribution is 2.38. The predicted octanol–water partition coefficient (Wildman–Crippen LogP) is 2.12. The van der Waals surface area contributed by atoms with Crippen LogP contribution in [0.2, 0.25) is 0 Å². The molecular formula is C18H11Br2ClN3O2S-. The summed E-state index contributed by atoms with van der Waals surface area (Å²) in [4.78, 5) is 16.7. The summed E-state index contributed by atoms with van der Waals surface area (Å²) in [6.07, 6.45) is 1.79. The van der Waals surface area contributed by atoms with Gasteiger partial charge in [-0.05, 0) is 67.8 Å². The van der Waals surface area contributed by atoms with E-state index in [0.717, 1.165) is 28.1 Å². The van der Waals surface area contributed by atoms with Crippen LogP contribution in [0.4, 0.5) is 10.8 Å². The number of anilines is 2. The molecule has 2 heterocycles. The van der Waals surface area contributed by atoms with Crippen LogP contribution in [0.3, 0.4) is 0 Å². The quantitative estimate of drug-likeness (QED) is 0.445. The number of nitrogens with one attached hydrogen (secondary N) is 1. The molecular weight excluding hydrogens is 518 g/mol. The number of carbonyl (C=O) groups excluding carboxylic acids is 1. The normalized spacial score (nSPS) is 14.0. The summed E-state index contributed by atoms with van der Waals surface area (Å²) in [7, 11) is 0. The molecule has 0 atom stereocenters. The highest BCUT2D eigenvalue weighted by Gasteiger charge is 2.25. The Balaban J connectivity index is 0.00000210. The zero-order valence-electron chi connectivity index (χ0n) is 13.5. The van der Waals surface area contributed by atoms with Gasteiger partial charge in [0.25, 0.3) is 5.91 Å². The summed E-state index contributed by atoms with van der Waals surface area (Å²) in [5.74, 6) is -0.0536. The zero-order chi connectivity index (χ0) is 18.4. The first-order chi connectivity index (χ1) is 12.4. The average Bonchev–Trinajstić information content (AvgIpc) is 3.16. The summed E-state index contributed by atoms with van der Waals surface area (Å²) >= 11 is 7.99. The second kappa shape index (κ2) is 7.63. The van der Waals surface area contributed by atoms with Crippen molar-refractivity contribution < 1.29 is 22.3 Å². The maximum absolute atomic E-state index is 12.4. The van der Waals surface area contributed by atoms with Crippen LogP contribution in [0.15, 0.2) is 44.7 Å². The number of fused-ring (bicyclic) bond motifs is 1. The molecule has 0 saturated carbocycles. The van der Waals surface area contributed by atoms with E-state index in [1.54, 1.807) is 18.2 Å². The number of thiazole rings is 1. The summed E-state index contributed by atoms with van der Waals surface area (Å²) in [6, 6.07) is 9.20. The Kier molecular flexibility index (Phi) is 5.62. The van der Waals surface area contributed by atoms with Crippen molar-refractivity contribution >= 4 is 71.6 Å². The van der Waals surface area contributed by atoms with Gasteiger partial charge in [0.1, 0.15) is 5.75 Å². The first-order valence-electron chi connectivity index (χ1n) is 7.49. The summed E-state index contributed by atoms with van der Waals surface area (Å²) in [5.41, 5.74) is 10.3. The number of aromatic nitrogens is 1. The summed E-state index contributed by atoms with van der Waals surface area (Å²) < 4.78 is 1.09. The number of hydrogen-bond donors (Lipinski definition) is 3. The van der Waals surface area contributed by atoms with E-state index < -0.39 is 0 Å². The molecule has 0 bridgehead atoms. The highest BCUT2D eigenvalue weighted by molar-refractivity contribution is 9.11. The van der Waals surface area contributed by atoms with Gasteiger partial charge in [-0.25, -0.2) is 4.98 Å². The number of halogens is 3. The van der Waals surface area contributed by atoms with Crippen molar-refractivity contribution in [2.24, 2.45) is 0 Å². The maximum Gasteiger partial charge on any atom is 0.256 e. The Bertz CT molecular complexity index is 1070. The third kappa shape index (κ3) is 3.75. The topological polar surface area (TPSA) is 88.2 Å². The lowest BCUT2D eigenvalue weighted by Gasteiger charge is -2.05. The van der Waals surface area contributed by atoms with E-state index >= 15 is 0 Å². The van der Waals surface area contributed by atoms with E-state index in [-0.39, 0.29) is 24.1 Å². The number of nitrogen functional groups attached to an aromatic ring is 1. The van der Waals surface area contributed by atoms with Gasteiger partial charge in [-0.1, -0.05) is 6.07 Å². The number of aromatic hydroxyl groups is 1. The number of rotatable bonds is 2. The fourth-order valence-electron chi connectivity index (χ4n) is 2.75. The molecule has 0 fully saturated rings. The molecule has 1 aliphatic rings. The minimum atomic E-state index is -0.171. The Morgan fingerprint density at radius 1 is 1.19 bits per heavy atom. The molecule has 0 unspecified atom stereocenters. The van der Waals surface area contributed by atoms with Gasteiger partial charge in [-0.15, -0.1) is 11.3 Å². The third-order valence-corrected chi connectivity index (χ3v) is 5.85. The Hall–Kier alpha value is -1.87. The van der Waals surface area contributed by atoms with Gasteiger partial charge in [0.05, 0.1) is 14.6 Å². The van der Waals surface area contributed by atoms with Gasteiger partial charge in [0.15, 0.2) is 5.13 Å². The molecule has 4 rings (SSSR count). The van der Waals surface area contributed by atoms with Crippen LogP contribution in [0, 0.1) is 0 Å². The predicted molar refractivity (Wildman–Crippen MR) is 112 cm³/mol. The molecule has 3 aromatic rings. The molecule has 0 aliphatic carbocycles. The van der Waals surface area contributed by atoms with E-state index in [4.69, 9.17) is 5.73 Å². The molecule has 138 valence electrons. The lowest BCUT2D eigenvalue weighted by molar-refractivity contribution is -0.110. The summed E-state index contributed by atoms with van der Waals surface area (Å²) in [5, 5.41) is 15.1. The Labute approximate surface area is 182 Å². The number of carbonyl (C=O) groups is 1. The van der Waals surface area contributed by atoms with E-state index in [0.29, 0.717) is 19.7 Å². The Morgan fingerprint density at radius 2 is 1.89 bits per heavy atom. The molecule has 5 nitrogen and oxygen atoms in total. The number of hydrogen-bond acceptors (Lipinski definition) is 5. The van der Waals surface area contributed by atoms with Crippen LogP contribution in [-0.4, -0.2) is 16.0 Å². The second-order valence-corrected chi connectivity index (χ2v) is 8.27. The van der Waals surface area contributed by atoms with Crippen molar-refractivity contribution in [1.29, 1.82) is 0 Å². The minimum absolute atomic E-state index is 0. The van der Waals surface area contributed by atoms with Crippen LogP contribution in [0.5, 0.6) is 5.75 Å². The van der Waals surface area contributed by atoms with Gasteiger partial charge in [0, 0.05) is 27.8 Å². The third-order valence-electron chi connectivity index (χ3n) is 3.97. The first kappa shape index (κ1) is 19.9.